The van der Waals surface area contributed by atoms with E-state index in [0.29, 0.717) is 22.4 Å². The molecule has 1 N–H and O–H groups in total. The van der Waals surface area contributed by atoms with Gasteiger partial charge in [0.25, 0.3) is 5.91 Å². The van der Waals surface area contributed by atoms with Gasteiger partial charge in [-0.25, -0.2) is 4.98 Å². The second-order valence-electron chi connectivity index (χ2n) is 7.95. The van der Waals surface area contributed by atoms with E-state index in [2.05, 4.69) is 5.32 Å². The Morgan fingerprint density at radius 2 is 1.50 bits per heavy atom. The van der Waals surface area contributed by atoms with E-state index in [9.17, 15) is 14.4 Å². The lowest BCUT2D eigenvalue weighted by molar-refractivity contribution is -0.119. The van der Waals surface area contributed by atoms with Crippen molar-refractivity contribution in [2.75, 3.05) is 0 Å². The van der Waals surface area contributed by atoms with E-state index in [0.717, 1.165) is 5.56 Å². The molecule has 0 radical (unpaired) electrons. The van der Waals surface area contributed by atoms with Crippen molar-refractivity contribution in [1.29, 1.82) is 0 Å². The number of fused-ring (bicyclic) bond motifs is 3. The van der Waals surface area contributed by atoms with Crippen LogP contribution in [0.15, 0.2) is 84.9 Å². The van der Waals surface area contributed by atoms with Gasteiger partial charge in [-0.1, -0.05) is 72.8 Å². The molecule has 0 aliphatic carbocycles. The summed E-state index contributed by atoms with van der Waals surface area (Å²) < 4.78 is 1.50. The lowest BCUT2D eigenvalue weighted by Crippen LogP contribution is -2.53. The zero-order valence-corrected chi connectivity index (χ0v) is 17.4. The highest BCUT2D eigenvalue weighted by atomic mass is 16.2. The predicted octanol–water partition coefficient (Wildman–Crippen LogP) is 3.95. The molecular weight excluding hydrogens is 402 g/mol. The predicted molar refractivity (Wildman–Crippen MR) is 121 cm³/mol. The number of aromatic nitrogens is 2. The fourth-order valence-corrected chi connectivity index (χ4v) is 4.62. The molecule has 0 spiro atoms. The molecule has 4 aromatic rings. The first-order chi connectivity index (χ1) is 15.6. The minimum atomic E-state index is -0.905. The minimum Gasteiger partial charge on any atom is -0.344 e. The topological polar surface area (TPSA) is 81.1 Å². The van der Waals surface area contributed by atoms with E-state index in [4.69, 9.17) is 4.98 Å². The summed E-state index contributed by atoms with van der Waals surface area (Å²) in [4.78, 5) is 44.4. The van der Waals surface area contributed by atoms with Crippen LogP contribution in [0.1, 0.15) is 45.3 Å². The third-order valence-corrected chi connectivity index (χ3v) is 5.95. The molecule has 1 amide bonds. The Hall–Kier alpha value is -4.06. The zero-order valence-electron chi connectivity index (χ0n) is 17.4. The largest absolute Gasteiger partial charge is 0.344 e. The lowest BCUT2D eigenvalue weighted by atomic mass is 9.74. The average molecular weight is 423 g/mol. The number of amides is 1. The lowest BCUT2D eigenvalue weighted by Gasteiger charge is -2.37. The second kappa shape index (κ2) is 7.89. The van der Waals surface area contributed by atoms with Crippen molar-refractivity contribution in [2.24, 2.45) is 0 Å². The average Bonchev–Trinajstić information content (AvgIpc) is 3.20. The first-order valence-electron chi connectivity index (χ1n) is 10.5. The Morgan fingerprint density at radius 3 is 2.19 bits per heavy atom. The molecule has 0 fully saturated rings. The zero-order chi connectivity index (χ0) is 22.2. The van der Waals surface area contributed by atoms with Crippen molar-refractivity contribution < 1.29 is 14.4 Å². The summed E-state index contributed by atoms with van der Waals surface area (Å²) in [7, 11) is 0. The van der Waals surface area contributed by atoms with E-state index >= 15 is 0 Å². The van der Waals surface area contributed by atoms with Crippen LogP contribution in [0.3, 0.4) is 0 Å². The van der Waals surface area contributed by atoms with E-state index in [1.807, 2.05) is 72.8 Å². The van der Waals surface area contributed by atoms with Crippen molar-refractivity contribution >= 4 is 28.6 Å². The number of rotatable bonds is 4. The molecule has 6 nitrogen and oxygen atoms in total. The van der Waals surface area contributed by atoms with Gasteiger partial charge in [0.15, 0.2) is 5.78 Å². The molecule has 3 unspecified atom stereocenters. The van der Waals surface area contributed by atoms with Gasteiger partial charge in [0.05, 0.1) is 17.0 Å². The second-order valence-corrected chi connectivity index (χ2v) is 7.95. The molecule has 0 saturated carbocycles. The Labute approximate surface area is 184 Å². The summed E-state index contributed by atoms with van der Waals surface area (Å²) in [6.45, 7) is 1.38. The van der Waals surface area contributed by atoms with Gasteiger partial charge in [-0.2, -0.15) is 0 Å². The van der Waals surface area contributed by atoms with Gasteiger partial charge in [0, 0.05) is 18.4 Å². The van der Waals surface area contributed by atoms with Crippen LogP contribution >= 0.6 is 0 Å². The Balaban J connectivity index is 1.80. The summed E-state index contributed by atoms with van der Waals surface area (Å²) in [5.41, 5.74) is 2.59. The SMILES string of the molecule is CC(=O)NC1C(=O)n2c(nc3ccccc32)C(C(=O)c2ccccc2)C1c1ccccc1. The van der Waals surface area contributed by atoms with Crippen LogP contribution in [0.5, 0.6) is 0 Å². The van der Waals surface area contributed by atoms with Gasteiger partial charge in [0.1, 0.15) is 11.9 Å². The maximum absolute atomic E-state index is 13.9. The molecule has 32 heavy (non-hydrogen) atoms. The van der Waals surface area contributed by atoms with Crippen LogP contribution in [0.25, 0.3) is 11.0 Å². The van der Waals surface area contributed by atoms with Crippen LogP contribution in [0, 0.1) is 0 Å². The van der Waals surface area contributed by atoms with Crippen molar-refractivity contribution in [3.63, 3.8) is 0 Å². The Kier molecular flexibility index (Phi) is 4.90. The summed E-state index contributed by atoms with van der Waals surface area (Å²) in [6, 6.07) is 24.8. The van der Waals surface area contributed by atoms with E-state index < -0.39 is 17.9 Å². The standard InChI is InChI=1S/C26H21N3O3/c1-16(30)27-23-21(17-10-4-2-5-11-17)22(24(31)18-12-6-3-7-13-18)25-28-19-14-8-9-15-20(19)29(25)26(23)32/h2-15,21-23H,1H3,(H,27,30). The number of para-hydroxylation sites is 2. The number of imidazole rings is 1. The molecule has 0 bridgehead atoms. The number of hydrogen-bond donors (Lipinski definition) is 1. The number of carbonyl (C=O) groups excluding carboxylic acids is 3. The van der Waals surface area contributed by atoms with Gasteiger partial charge in [-0.15, -0.1) is 0 Å². The number of ketones is 1. The normalized spacial score (nSPS) is 20.0. The van der Waals surface area contributed by atoms with Crippen LogP contribution in [0.2, 0.25) is 0 Å². The summed E-state index contributed by atoms with van der Waals surface area (Å²) >= 11 is 0. The highest BCUT2D eigenvalue weighted by Crippen LogP contribution is 2.43. The molecule has 5 rings (SSSR count). The number of nitrogens with one attached hydrogen (secondary N) is 1. The molecular formula is C26H21N3O3. The van der Waals surface area contributed by atoms with Gasteiger partial charge in [0.2, 0.25) is 5.91 Å². The summed E-state index contributed by atoms with van der Waals surface area (Å²) in [5.74, 6) is -1.70. The maximum Gasteiger partial charge on any atom is 0.255 e. The molecule has 0 saturated heterocycles. The van der Waals surface area contributed by atoms with E-state index in [1.165, 1.54) is 11.5 Å². The molecule has 2 heterocycles. The van der Waals surface area contributed by atoms with Gasteiger partial charge in [-0.05, 0) is 17.7 Å². The Bertz CT molecular complexity index is 1330. The van der Waals surface area contributed by atoms with Gasteiger partial charge < -0.3 is 5.32 Å². The fourth-order valence-electron chi connectivity index (χ4n) is 4.62. The van der Waals surface area contributed by atoms with E-state index in [-0.39, 0.29) is 17.6 Å². The molecule has 3 atom stereocenters. The summed E-state index contributed by atoms with van der Waals surface area (Å²) in [5, 5.41) is 2.82. The third-order valence-electron chi connectivity index (χ3n) is 5.95. The first kappa shape index (κ1) is 19.9. The maximum atomic E-state index is 13.9. The van der Waals surface area contributed by atoms with Gasteiger partial charge in [-0.3, -0.25) is 19.0 Å². The van der Waals surface area contributed by atoms with Crippen molar-refractivity contribution in [3.8, 4) is 0 Å². The van der Waals surface area contributed by atoms with Crippen molar-refractivity contribution in [3.05, 3.63) is 102 Å². The van der Waals surface area contributed by atoms with Crippen LogP contribution in [-0.2, 0) is 4.79 Å². The quantitative estimate of drug-likeness (QED) is 0.504. The fraction of sp³-hybridized carbons (Fsp3) is 0.154. The number of hydrogen-bond acceptors (Lipinski definition) is 4. The van der Waals surface area contributed by atoms with E-state index in [1.54, 1.807) is 12.1 Å². The number of benzene rings is 3. The summed E-state index contributed by atoms with van der Waals surface area (Å²) in [6.07, 6.45) is 0. The highest BCUT2D eigenvalue weighted by Gasteiger charge is 2.48. The van der Waals surface area contributed by atoms with Crippen LogP contribution < -0.4 is 5.32 Å². The monoisotopic (exact) mass is 423 g/mol. The van der Waals surface area contributed by atoms with Crippen molar-refractivity contribution in [1.82, 2.24) is 14.9 Å². The molecule has 158 valence electrons. The molecule has 1 aromatic heterocycles. The molecule has 1 aliphatic rings. The number of Topliss-reactive ketones (excluding diaryl/α,β-unsaturated/α-hetero) is 1. The molecule has 3 aromatic carbocycles. The molecule has 1 aliphatic heterocycles. The third kappa shape index (κ3) is 3.21. The highest BCUT2D eigenvalue weighted by molar-refractivity contribution is 6.06. The molecule has 6 heteroatoms. The first-order valence-corrected chi connectivity index (χ1v) is 10.5. The van der Waals surface area contributed by atoms with Crippen molar-refractivity contribution in [2.45, 2.75) is 24.8 Å². The number of nitrogens with zero attached hydrogens (tertiary/aromatic N) is 2. The van der Waals surface area contributed by atoms with Crippen LogP contribution in [0.4, 0.5) is 0 Å². The minimum absolute atomic E-state index is 0.140. The number of carbonyl (C=O) groups is 3. The smallest absolute Gasteiger partial charge is 0.255 e. The van der Waals surface area contributed by atoms with Gasteiger partial charge >= 0.3 is 0 Å². The Morgan fingerprint density at radius 1 is 0.875 bits per heavy atom. The van der Waals surface area contributed by atoms with Crippen LogP contribution in [-0.4, -0.2) is 33.2 Å².